The van der Waals surface area contributed by atoms with E-state index in [9.17, 15) is 0 Å². The van der Waals surface area contributed by atoms with Crippen LogP contribution in [0, 0.1) is 10.8 Å². The number of rotatable bonds is 4. The van der Waals surface area contributed by atoms with Crippen LogP contribution in [0.3, 0.4) is 0 Å². The lowest BCUT2D eigenvalue weighted by atomic mass is 9.80. The third kappa shape index (κ3) is 5.31. The summed E-state index contributed by atoms with van der Waals surface area (Å²) in [7, 11) is 2.23. The van der Waals surface area contributed by atoms with Crippen molar-refractivity contribution in [1.82, 2.24) is 10.2 Å². The molecule has 0 atom stereocenters. The SMILES string of the molecule is CN1CCC(C)(CNCCC(C)(C)C)CC1. The van der Waals surface area contributed by atoms with Crippen molar-refractivity contribution in [3.8, 4) is 0 Å². The summed E-state index contributed by atoms with van der Waals surface area (Å²) in [5.74, 6) is 0. The standard InChI is InChI=1S/C14H30N2/c1-13(2,3)6-9-15-12-14(4)7-10-16(5)11-8-14/h15H,6-12H2,1-5H3. The van der Waals surface area contributed by atoms with Gasteiger partial charge in [0.2, 0.25) is 0 Å². The molecule has 96 valence electrons. The van der Waals surface area contributed by atoms with Gasteiger partial charge in [-0.05, 0) is 56.8 Å². The molecule has 1 rings (SSSR count). The third-order valence-electron chi connectivity index (χ3n) is 3.80. The van der Waals surface area contributed by atoms with Crippen LogP contribution in [0.5, 0.6) is 0 Å². The van der Waals surface area contributed by atoms with E-state index >= 15 is 0 Å². The monoisotopic (exact) mass is 226 g/mol. The van der Waals surface area contributed by atoms with E-state index in [0.29, 0.717) is 10.8 Å². The summed E-state index contributed by atoms with van der Waals surface area (Å²) in [4.78, 5) is 2.44. The van der Waals surface area contributed by atoms with Crippen molar-refractivity contribution in [2.45, 2.75) is 47.0 Å². The number of nitrogens with one attached hydrogen (secondary N) is 1. The quantitative estimate of drug-likeness (QED) is 0.742. The second kappa shape index (κ2) is 5.50. The molecule has 0 radical (unpaired) electrons. The van der Waals surface area contributed by atoms with E-state index in [1.807, 2.05) is 0 Å². The first-order valence-corrected chi connectivity index (χ1v) is 6.70. The first kappa shape index (κ1) is 14.0. The summed E-state index contributed by atoms with van der Waals surface area (Å²) in [6.45, 7) is 14.2. The molecule has 0 spiro atoms. The van der Waals surface area contributed by atoms with E-state index in [4.69, 9.17) is 0 Å². The van der Waals surface area contributed by atoms with Crippen LogP contribution < -0.4 is 5.32 Å². The molecule has 1 N–H and O–H groups in total. The van der Waals surface area contributed by atoms with Crippen LogP contribution in [0.4, 0.5) is 0 Å². The largest absolute Gasteiger partial charge is 0.316 e. The van der Waals surface area contributed by atoms with Crippen molar-refractivity contribution < 1.29 is 0 Å². The molecule has 1 aliphatic heterocycles. The molecule has 1 saturated heterocycles. The fourth-order valence-electron chi connectivity index (χ4n) is 2.19. The van der Waals surface area contributed by atoms with Gasteiger partial charge in [-0.2, -0.15) is 0 Å². The van der Waals surface area contributed by atoms with Gasteiger partial charge in [0.15, 0.2) is 0 Å². The number of piperidine rings is 1. The minimum atomic E-state index is 0.459. The average Bonchev–Trinajstić information content (AvgIpc) is 2.17. The predicted octanol–water partition coefficient (Wildman–Crippen LogP) is 2.74. The predicted molar refractivity (Wildman–Crippen MR) is 71.8 cm³/mol. The zero-order chi connectivity index (χ0) is 12.2. The molecule has 0 bridgehead atoms. The third-order valence-corrected chi connectivity index (χ3v) is 3.80. The number of hydrogen-bond acceptors (Lipinski definition) is 2. The highest BCUT2D eigenvalue weighted by Crippen LogP contribution is 2.29. The molecule has 0 saturated carbocycles. The molecule has 0 amide bonds. The van der Waals surface area contributed by atoms with Crippen molar-refractivity contribution in [1.29, 1.82) is 0 Å². The Morgan fingerprint density at radius 1 is 1.19 bits per heavy atom. The van der Waals surface area contributed by atoms with Crippen LogP contribution in [0.15, 0.2) is 0 Å². The van der Waals surface area contributed by atoms with Crippen molar-refractivity contribution in [3.63, 3.8) is 0 Å². The maximum Gasteiger partial charge on any atom is 0.000612 e. The Morgan fingerprint density at radius 2 is 1.75 bits per heavy atom. The number of hydrogen-bond donors (Lipinski definition) is 1. The van der Waals surface area contributed by atoms with Gasteiger partial charge in [0, 0.05) is 6.54 Å². The lowest BCUT2D eigenvalue weighted by molar-refractivity contribution is 0.136. The Bertz CT molecular complexity index is 197. The Morgan fingerprint density at radius 3 is 2.25 bits per heavy atom. The van der Waals surface area contributed by atoms with Gasteiger partial charge in [0.05, 0.1) is 0 Å². The summed E-state index contributed by atoms with van der Waals surface area (Å²) in [6, 6.07) is 0. The normalized spacial score (nSPS) is 22.3. The van der Waals surface area contributed by atoms with Crippen LogP contribution in [-0.2, 0) is 0 Å². The highest BCUT2D eigenvalue weighted by atomic mass is 15.1. The second-order valence-electron chi connectivity index (χ2n) is 7.10. The summed E-state index contributed by atoms with van der Waals surface area (Å²) in [5, 5.41) is 3.65. The van der Waals surface area contributed by atoms with Crippen molar-refractivity contribution >= 4 is 0 Å². The van der Waals surface area contributed by atoms with Crippen molar-refractivity contribution in [2.75, 3.05) is 33.2 Å². The Kier molecular flexibility index (Phi) is 4.81. The fraction of sp³-hybridized carbons (Fsp3) is 1.00. The van der Waals surface area contributed by atoms with E-state index in [0.717, 1.165) is 6.54 Å². The summed E-state index contributed by atoms with van der Waals surface area (Å²) in [5.41, 5.74) is 0.991. The molecule has 0 unspecified atom stereocenters. The van der Waals surface area contributed by atoms with Gasteiger partial charge in [-0.25, -0.2) is 0 Å². The fourth-order valence-corrected chi connectivity index (χ4v) is 2.19. The molecule has 0 aromatic heterocycles. The lowest BCUT2D eigenvalue weighted by Gasteiger charge is -2.38. The molecule has 0 aromatic rings. The zero-order valence-corrected chi connectivity index (χ0v) is 11.9. The highest BCUT2D eigenvalue weighted by Gasteiger charge is 2.28. The van der Waals surface area contributed by atoms with Gasteiger partial charge >= 0.3 is 0 Å². The Hall–Kier alpha value is -0.0800. The van der Waals surface area contributed by atoms with Crippen molar-refractivity contribution in [2.24, 2.45) is 10.8 Å². The lowest BCUT2D eigenvalue weighted by Crippen LogP contribution is -2.42. The maximum absolute atomic E-state index is 3.65. The first-order valence-electron chi connectivity index (χ1n) is 6.70. The highest BCUT2D eigenvalue weighted by molar-refractivity contribution is 4.83. The van der Waals surface area contributed by atoms with Gasteiger partial charge in [-0.1, -0.05) is 27.7 Å². The van der Waals surface area contributed by atoms with Gasteiger partial charge in [0.25, 0.3) is 0 Å². The van der Waals surface area contributed by atoms with Crippen LogP contribution >= 0.6 is 0 Å². The first-order chi connectivity index (χ1) is 7.31. The van der Waals surface area contributed by atoms with Crippen molar-refractivity contribution in [3.05, 3.63) is 0 Å². The molecule has 1 aliphatic rings. The summed E-state index contributed by atoms with van der Waals surface area (Å²) in [6.07, 6.45) is 3.95. The molecular formula is C14H30N2. The van der Waals surface area contributed by atoms with Crippen LogP contribution in [0.2, 0.25) is 0 Å². The van der Waals surface area contributed by atoms with E-state index in [1.54, 1.807) is 0 Å². The number of nitrogens with zero attached hydrogens (tertiary/aromatic N) is 1. The van der Waals surface area contributed by atoms with E-state index in [1.165, 1.54) is 38.9 Å². The van der Waals surface area contributed by atoms with Crippen LogP contribution in [0.25, 0.3) is 0 Å². The molecule has 0 aliphatic carbocycles. The number of likely N-dealkylation sites (tertiary alicyclic amines) is 1. The van der Waals surface area contributed by atoms with Gasteiger partial charge in [-0.15, -0.1) is 0 Å². The summed E-state index contributed by atoms with van der Waals surface area (Å²) < 4.78 is 0. The van der Waals surface area contributed by atoms with E-state index in [2.05, 4.69) is 45.0 Å². The minimum absolute atomic E-state index is 0.459. The van der Waals surface area contributed by atoms with Gasteiger partial charge in [-0.3, -0.25) is 0 Å². The zero-order valence-electron chi connectivity index (χ0n) is 11.9. The molecule has 2 heteroatoms. The minimum Gasteiger partial charge on any atom is -0.316 e. The van der Waals surface area contributed by atoms with E-state index < -0.39 is 0 Å². The van der Waals surface area contributed by atoms with Gasteiger partial charge in [0.1, 0.15) is 0 Å². The van der Waals surface area contributed by atoms with E-state index in [-0.39, 0.29) is 0 Å². The molecule has 16 heavy (non-hydrogen) atoms. The molecule has 1 heterocycles. The molecule has 0 aromatic carbocycles. The maximum atomic E-state index is 3.65. The van der Waals surface area contributed by atoms with Crippen LogP contribution in [0.1, 0.15) is 47.0 Å². The molecule has 2 nitrogen and oxygen atoms in total. The average molecular weight is 226 g/mol. The smallest absolute Gasteiger partial charge is 0.000612 e. The topological polar surface area (TPSA) is 15.3 Å². The Labute approximate surface area is 102 Å². The van der Waals surface area contributed by atoms with Gasteiger partial charge < -0.3 is 10.2 Å². The second-order valence-corrected chi connectivity index (χ2v) is 7.10. The molecular weight excluding hydrogens is 196 g/mol. The Balaban J connectivity index is 2.17. The van der Waals surface area contributed by atoms with Crippen LogP contribution in [-0.4, -0.2) is 38.1 Å². The molecule has 1 fully saturated rings. The summed E-state index contributed by atoms with van der Waals surface area (Å²) >= 11 is 0.